The maximum atomic E-state index is 12.6. The molecule has 3 aromatic rings. The number of hydrogen-bond acceptors (Lipinski definition) is 2. The van der Waals surface area contributed by atoms with Gasteiger partial charge in [-0.15, -0.1) is 0 Å². The molecule has 0 radical (unpaired) electrons. The van der Waals surface area contributed by atoms with Crippen molar-refractivity contribution in [1.29, 1.82) is 0 Å². The van der Waals surface area contributed by atoms with Crippen LogP contribution in [-0.4, -0.2) is 17.6 Å². The molecule has 0 aliphatic carbocycles. The topological polar surface area (TPSA) is 23.6 Å². The lowest BCUT2D eigenvalue weighted by atomic mass is 10.0. The minimum Gasteiger partial charge on any atom is -0.309 e. The van der Waals surface area contributed by atoms with Gasteiger partial charge in [-0.1, -0.05) is 54.1 Å². The molecule has 3 aromatic carbocycles. The summed E-state index contributed by atoms with van der Waals surface area (Å²) >= 11 is 11.5. The van der Waals surface area contributed by atoms with Crippen LogP contribution in [0.5, 0.6) is 0 Å². The maximum absolute atomic E-state index is 12.6. The summed E-state index contributed by atoms with van der Waals surface area (Å²) in [5.41, 5.74) is 4.10. The third kappa shape index (κ3) is 3.72. The Morgan fingerprint density at radius 1 is 0.815 bits per heavy atom. The predicted octanol–water partition coefficient (Wildman–Crippen LogP) is 5.07. The lowest BCUT2D eigenvalue weighted by Crippen LogP contribution is -2.32. The van der Waals surface area contributed by atoms with Crippen LogP contribution >= 0.6 is 23.8 Å². The van der Waals surface area contributed by atoms with Crippen LogP contribution in [0.15, 0.2) is 78.9 Å². The van der Waals surface area contributed by atoms with Crippen molar-refractivity contribution in [3.05, 3.63) is 95.0 Å². The van der Waals surface area contributed by atoms with Crippen LogP contribution in [0.2, 0.25) is 5.02 Å². The summed E-state index contributed by atoms with van der Waals surface area (Å²) in [6.45, 7) is 0.228. The van der Waals surface area contributed by atoms with E-state index in [1.165, 1.54) is 11.1 Å². The summed E-state index contributed by atoms with van der Waals surface area (Å²) < 4.78 is 0. The van der Waals surface area contributed by atoms with Crippen molar-refractivity contribution < 1.29 is 4.79 Å². The van der Waals surface area contributed by atoms with Gasteiger partial charge in [0.2, 0.25) is 0 Å². The van der Waals surface area contributed by atoms with E-state index in [-0.39, 0.29) is 12.5 Å². The first kappa shape index (κ1) is 17.7. The zero-order valence-electron chi connectivity index (χ0n) is 14.5. The van der Waals surface area contributed by atoms with Crippen molar-refractivity contribution in [3.8, 4) is 0 Å². The van der Waals surface area contributed by atoms with Gasteiger partial charge in [0.1, 0.15) is 6.54 Å². The van der Waals surface area contributed by atoms with Crippen molar-refractivity contribution in [3.63, 3.8) is 0 Å². The fraction of sp³-hybridized carbons (Fsp3) is 0.0909. The zero-order chi connectivity index (χ0) is 18.8. The van der Waals surface area contributed by atoms with Crippen molar-refractivity contribution in [2.24, 2.45) is 0 Å². The molecule has 134 valence electrons. The maximum Gasteiger partial charge on any atom is 0.253 e. The molecule has 0 N–H and O–H groups in total. The smallest absolute Gasteiger partial charge is 0.253 e. The van der Waals surface area contributed by atoms with Crippen LogP contribution < -0.4 is 9.80 Å². The molecule has 0 bridgehead atoms. The molecule has 0 atom stereocenters. The first-order chi connectivity index (χ1) is 13.1. The van der Waals surface area contributed by atoms with Crippen molar-refractivity contribution >= 4 is 46.2 Å². The number of rotatable bonds is 4. The Morgan fingerprint density at radius 2 is 1.41 bits per heavy atom. The molecule has 0 spiro atoms. The Hall–Kier alpha value is -2.69. The summed E-state index contributed by atoms with van der Waals surface area (Å²) in [5, 5.41) is 1.14. The molecule has 4 rings (SSSR count). The van der Waals surface area contributed by atoms with Crippen LogP contribution in [0.25, 0.3) is 0 Å². The van der Waals surface area contributed by atoms with Gasteiger partial charge < -0.3 is 4.90 Å². The standard InChI is InChI=1S/C22H17ClN2OS/c23-18-8-12-19(13-9-18)24-15-21(26)25(22(24)27)20-10-6-17(7-11-20)14-16-4-2-1-3-5-16/h1-13H,14-15H2. The summed E-state index contributed by atoms with van der Waals surface area (Å²) in [4.78, 5) is 16.0. The molecule has 0 aromatic heterocycles. The van der Waals surface area contributed by atoms with E-state index in [0.717, 1.165) is 17.8 Å². The minimum absolute atomic E-state index is 0.0363. The fourth-order valence-electron chi connectivity index (χ4n) is 3.17. The van der Waals surface area contributed by atoms with Gasteiger partial charge in [0, 0.05) is 10.7 Å². The highest BCUT2D eigenvalue weighted by Gasteiger charge is 2.34. The molecule has 27 heavy (non-hydrogen) atoms. The molecule has 3 nitrogen and oxygen atoms in total. The van der Waals surface area contributed by atoms with Gasteiger partial charge in [-0.25, -0.2) is 0 Å². The first-order valence-electron chi connectivity index (χ1n) is 8.65. The van der Waals surface area contributed by atoms with Crippen LogP contribution in [0.4, 0.5) is 11.4 Å². The van der Waals surface area contributed by atoms with Gasteiger partial charge in [-0.2, -0.15) is 0 Å². The van der Waals surface area contributed by atoms with E-state index in [0.29, 0.717) is 10.1 Å². The van der Waals surface area contributed by atoms with Crippen molar-refractivity contribution in [1.82, 2.24) is 0 Å². The highest BCUT2D eigenvalue weighted by atomic mass is 35.5. The van der Waals surface area contributed by atoms with Crippen LogP contribution in [0.3, 0.4) is 0 Å². The van der Waals surface area contributed by atoms with Gasteiger partial charge in [-0.05, 0) is 66.2 Å². The second kappa shape index (κ2) is 7.51. The molecule has 0 unspecified atom stereocenters. The van der Waals surface area contributed by atoms with Gasteiger partial charge in [-0.3, -0.25) is 9.69 Å². The Balaban J connectivity index is 1.53. The van der Waals surface area contributed by atoms with Crippen molar-refractivity contribution in [2.75, 3.05) is 16.3 Å². The molecule has 1 heterocycles. The Kier molecular flexibility index (Phi) is 4.92. The highest BCUT2D eigenvalue weighted by Crippen LogP contribution is 2.27. The Morgan fingerprint density at radius 3 is 2.07 bits per heavy atom. The number of carbonyl (C=O) groups is 1. The molecular formula is C22H17ClN2OS. The third-order valence-electron chi connectivity index (χ3n) is 4.55. The van der Waals surface area contributed by atoms with Gasteiger partial charge in [0.25, 0.3) is 5.91 Å². The van der Waals surface area contributed by atoms with Gasteiger partial charge in [0.15, 0.2) is 5.11 Å². The lowest BCUT2D eigenvalue weighted by molar-refractivity contribution is -0.115. The average Bonchev–Trinajstić information content (AvgIpc) is 2.98. The van der Waals surface area contributed by atoms with E-state index in [9.17, 15) is 4.79 Å². The molecule has 1 amide bonds. The second-order valence-corrected chi connectivity index (χ2v) is 7.20. The van der Waals surface area contributed by atoms with E-state index < -0.39 is 0 Å². The summed E-state index contributed by atoms with van der Waals surface area (Å²) in [6.07, 6.45) is 0.858. The van der Waals surface area contributed by atoms with Gasteiger partial charge >= 0.3 is 0 Å². The number of anilines is 2. The summed E-state index contributed by atoms with van der Waals surface area (Å²) in [5.74, 6) is -0.0363. The number of amides is 1. The largest absolute Gasteiger partial charge is 0.309 e. The lowest BCUT2D eigenvalue weighted by Gasteiger charge is -2.20. The number of nitrogens with zero attached hydrogens (tertiary/aromatic N) is 2. The molecular weight excluding hydrogens is 376 g/mol. The van der Waals surface area contributed by atoms with Gasteiger partial charge in [0.05, 0.1) is 5.69 Å². The number of carbonyl (C=O) groups excluding carboxylic acids is 1. The number of hydrogen-bond donors (Lipinski definition) is 0. The number of halogens is 1. The van der Waals surface area contributed by atoms with E-state index in [2.05, 4.69) is 12.1 Å². The van der Waals surface area contributed by atoms with Crippen LogP contribution in [-0.2, 0) is 11.2 Å². The molecule has 1 aliphatic heterocycles. The predicted molar refractivity (Wildman–Crippen MR) is 115 cm³/mol. The molecule has 1 saturated heterocycles. The normalized spacial score (nSPS) is 14.1. The number of benzene rings is 3. The average molecular weight is 393 g/mol. The summed E-state index contributed by atoms with van der Waals surface area (Å²) in [7, 11) is 0. The van der Waals surface area contributed by atoms with Crippen molar-refractivity contribution in [2.45, 2.75) is 6.42 Å². The molecule has 1 aliphatic rings. The Labute approximate surface area is 168 Å². The van der Waals surface area contributed by atoms with E-state index in [1.54, 1.807) is 17.0 Å². The fourth-order valence-corrected chi connectivity index (χ4v) is 3.68. The summed E-state index contributed by atoms with van der Waals surface area (Å²) in [6, 6.07) is 25.6. The second-order valence-electron chi connectivity index (χ2n) is 6.40. The third-order valence-corrected chi connectivity index (χ3v) is 5.20. The Bertz CT molecular complexity index is 971. The van der Waals surface area contributed by atoms with E-state index >= 15 is 0 Å². The molecule has 5 heteroatoms. The highest BCUT2D eigenvalue weighted by molar-refractivity contribution is 7.81. The zero-order valence-corrected chi connectivity index (χ0v) is 16.1. The monoisotopic (exact) mass is 392 g/mol. The van der Waals surface area contributed by atoms with E-state index in [4.69, 9.17) is 23.8 Å². The first-order valence-corrected chi connectivity index (χ1v) is 9.43. The molecule has 0 saturated carbocycles. The SMILES string of the molecule is O=C1CN(c2ccc(Cl)cc2)C(=S)N1c1ccc(Cc2ccccc2)cc1. The number of thiocarbonyl (C=S) groups is 1. The minimum atomic E-state index is -0.0363. The molecule has 1 fully saturated rings. The van der Waals surface area contributed by atoms with Crippen LogP contribution in [0.1, 0.15) is 11.1 Å². The van der Waals surface area contributed by atoms with E-state index in [1.807, 2.05) is 59.5 Å². The quantitative estimate of drug-likeness (QED) is 0.579. The van der Waals surface area contributed by atoms with Crippen LogP contribution in [0, 0.1) is 0 Å².